The lowest BCUT2D eigenvalue weighted by molar-refractivity contribution is 0.868. The first-order valence-electron chi connectivity index (χ1n) is 6.04. The number of anilines is 2. The summed E-state index contributed by atoms with van der Waals surface area (Å²) in [7, 11) is 0. The molecule has 1 N–H and O–H groups in total. The van der Waals surface area contributed by atoms with Crippen molar-refractivity contribution < 1.29 is 0 Å². The lowest BCUT2D eigenvalue weighted by Gasteiger charge is -2.14. The van der Waals surface area contributed by atoms with Gasteiger partial charge in [-0.05, 0) is 23.8 Å². The van der Waals surface area contributed by atoms with Crippen LogP contribution in [-0.2, 0) is 0 Å². The van der Waals surface area contributed by atoms with Crippen LogP contribution in [0.1, 0.15) is 25.3 Å². The molecule has 0 saturated carbocycles. The lowest BCUT2D eigenvalue weighted by Crippen LogP contribution is -2.00. The minimum Gasteiger partial charge on any atom is -0.340 e. The molecule has 1 aromatic heterocycles. The van der Waals surface area contributed by atoms with Gasteiger partial charge in [0.25, 0.3) is 0 Å². The fourth-order valence-corrected chi connectivity index (χ4v) is 2.42. The van der Waals surface area contributed by atoms with Crippen LogP contribution in [0.15, 0.2) is 35.5 Å². The maximum Gasteiger partial charge on any atom is 0.190 e. The molecule has 0 saturated heterocycles. The van der Waals surface area contributed by atoms with Gasteiger partial charge in [0, 0.05) is 11.8 Å². The van der Waals surface area contributed by atoms with Crippen LogP contribution in [0, 0.1) is 0 Å². The van der Waals surface area contributed by atoms with E-state index in [9.17, 15) is 0 Å². The van der Waals surface area contributed by atoms with E-state index in [1.807, 2.05) is 24.5 Å². The average Bonchev–Trinajstić information content (AvgIpc) is 2.38. The highest BCUT2D eigenvalue weighted by atomic mass is 35.5. The fraction of sp³-hybridized carbons (Fsp3) is 0.286. The molecule has 0 aliphatic rings. The van der Waals surface area contributed by atoms with Crippen LogP contribution in [0.25, 0.3) is 0 Å². The molecule has 1 aromatic carbocycles. The molecule has 19 heavy (non-hydrogen) atoms. The topological polar surface area (TPSA) is 37.8 Å². The van der Waals surface area contributed by atoms with E-state index in [1.165, 1.54) is 17.3 Å². The van der Waals surface area contributed by atoms with Crippen molar-refractivity contribution in [3.63, 3.8) is 0 Å². The summed E-state index contributed by atoms with van der Waals surface area (Å²) < 4.78 is 0. The van der Waals surface area contributed by atoms with Gasteiger partial charge in [0.15, 0.2) is 5.16 Å². The minimum absolute atomic E-state index is 0.445. The number of nitrogens with zero attached hydrogens (tertiary/aromatic N) is 2. The molecule has 3 nitrogen and oxygen atoms in total. The highest BCUT2D eigenvalue weighted by molar-refractivity contribution is 7.98. The van der Waals surface area contributed by atoms with Gasteiger partial charge in [0.2, 0.25) is 0 Å². The van der Waals surface area contributed by atoms with Crippen LogP contribution in [0.5, 0.6) is 0 Å². The molecule has 0 spiro atoms. The number of aromatic nitrogens is 2. The van der Waals surface area contributed by atoms with Gasteiger partial charge in [-0.25, -0.2) is 9.97 Å². The van der Waals surface area contributed by atoms with Crippen molar-refractivity contribution in [3.05, 3.63) is 41.0 Å². The maximum absolute atomic E-state index is 5.99. The maximum atomic E-state index is 5.99. The second kappa shape index (κ2) is 6.26. The number of para-hydroxylation sites is 1. The van der Waals surface area contributed by atoms with Gasteiger partial charge in [0.05, 0.1) is 0 Å². The summed E-state index contributed by atoms with van der Waals surface area (Å²) in [5.74, 6) is 1.17. The van der Waals surface area contributed by atoms with Gasteiger partial charge < -0.3 is 5.32 Å². The first-order valence-corrected chi connectivity index (χ1v) is 7.65. The van der Waals surface area contributed by atoms with Gasteiger partial charge in [-0.3, -0.25) is 0 Å². The summed E-state index contributed by atoms with van der Waals surface area (Å²) in [4.78, 5) is 8.53. The zero-order valence-corrected chi connectivity index (χ0v) is 12.7. The Hall–Kier alpha value is -1.26. The highest BCUT2D eigenvalue weighted by Crippen LogP contribution is 2.27. The summed E-state index contributed by atoms with van der Waals surface area (Å²) in [6.07, 6.45) is 1.93. The number of rotatable bonds is 4. The predicted octanol–water partition coefficient (Wildman–Crippen LogP) is 4.72. The molecule has 0 radical (unpaired) electrons. The van der Waals surface area contributed by atoms with E-state index in [0.717, 1.165) is 11.5 Å². The molecule has 0 fully saturated rings. The molecule has 2 rings (SSSR count). The van der Waals surface area contributed by atoms with Crippen molar-refractivity contribution in [1.82, 2.24) is 9.97 Å². The average molecular weight is 294 g/mol. The first kappa shape index (κ1) is 14.2. The number of hydrogen-bond donors (Lipinski definition) is 1. The molecule has 0 bridgehead atoms. The first-order chi connectivity index (χ1) is 9.10. The summed E-state index contributed by atoms with van der Waals surface area (Å²) in [5, 5.41) is 4.43. The van der Waals surface area contributed by atoms with E-state index in [0.29, 0.717) is 16.2 Å². The second-order valence-corrected chi connectivity index (χ2v) is 5.59. The van der Waals surface area contributed by atoms with Crippen molar-refractivity contribution in [1.29, 1.82) is 0 Å². The van der Waals surface area contributed by atoms with Gasteiger partial charge in [-0.1, -0.05) is 55.4 Å². The quantitative estimate of drug-likeness (QED) is 0.503. The van der Waals surface area contributed by atoms with Crippen LogP contribution < -0.4 is 5.32 Å². The largest absolute Gasteiger partial charge is 0.340 e. The number of halogens is 1. The van der Waals surface area contributed by atoms with Crippen LogP contribution in [0.4, 0.5) is 11.5 Å². The Balaban J connectivity index is 2.33. The van der Waals surface area contributed by atoms with E-state index in [2.05, 4.69) is 35.2 Å². The summed E-state index contributed by atoms with van der Waals surface area (Å²) in [6.45, 7) is 4.33. The minimum atomic E-state index is 0.445. The molecule has 100 valence electrons. The monoisotopic (exact) mass is 293 g/mol. The van der Waals surface area contributed by atoms with E-state index < -0.39 is 0 Å². The number of thioether (sulfide) groups is 1. The lowest BCUT2D eigenvalue weighted by atomic mass is 10.0. The Morgan fingerprint density at radius 2 is 1.95 bits per heavy atom. The Morgan fingerprint density at radius 1 is 1.21 bits per heavy atom. The fourth-order valence-electron chi connectivity index (χ4n) is 1.80. The van der Waals surface area contributed by atoms with Crippen molar-refractivity contribution in [2.75, 3.05) is 11.6 Å². The molecule has 1 heterocycles. The Labute approximate surface area is 122 Å². The van der Waals surface area contributed by atoms with Crippen molar-refractivity contribution in [2.24, 2.45) is 0 Å². The van der Waals surface area contributed by atoms with Crippen molar-refractivity contribution in [2.45, 2.75) is 24.9 Å². The normalized spacial score (nSPS) is 10.8. The van der Waals surface area contributed by atoms with Crippen LogP contribution in [0.3, 0.4) is 0 Å². The number of hydrogen-bond acceptors (Lipinski definition) is 4. The third-order valence-electron chi connectivity index (χ3n) is 2.70. The Morgan fingerprint density at radius 3 is 2.63 bits per heavy atom. The smallest absolute Gasteiger partial charge is 0.190 e. The molecule has 0 amide bonds. The van der Waals surface area contributed by atoms with Crippen molar-refractivity contribution in [3.8, 4) is 0 Å². The SMILES string of the molecule is CSc1nc(Cl)cc(Nc2ccccc2C(C)C)n1. The second-order valence-electron chi connectivity index (χ2n) is 4.43. The van der Waals surface area contributed by atoms with Gasteiger partial charge >= 0.3 is 0 Å². The Bertz CT molecular complexity index is 572. The molecule has 0 unspecified atom stereocenters. The van der Waals surface area contributed by atoms with E-state index >= 15 is 0 Å². The molecule has 0 aliphatic heterocycles. The predicted molar refractivity (Wildman–Crippen MR) is 82.6 cm³/mol. The van der Waals surface area contributed by atoms with Crippen LogP contribution in [-0.4, -0.2) is 16.2 Å². The number of nitrogens with one attached hydrogen (secondary N) is 1. The summed E-state index contributed by atoms with van der Waals surface area (Å²) in [6, 6.07) is 9.95. The standard InChI is InChI=1S/C14H16ClN3S/c1-9(2)10-6-4-5-7-11(10)16-13-8-12(15)17-14(18-13)19-3/h4-9H,1-3H3,(H,16,17,18). The van der Waals surface area contributed by atoms with Gasteiger partial charge in [-0.2, -0.15) is 0 Å². The molecule has 0 atom stereocenters. The van der Waals surface area contributed by atoms with Crippen LogP contribution in [0.2, 0.25) is 5.15 Å². The van der Waals surface area contributed by atoms with E-state index in [-0.39, 0.29) is 0 Å². The molecule has 2 aromatic rings. The third-order valence-corrected chi connectivity index (χ3v) is 3.44. The molecular formula is C14H16ClN3S. The zero-order valence-electron chi connectivity index (χ0n) is 11.1. The molecule has 5 heteroatoms. The molecular weight excluding hydrogens is 278 g/mol. The van der Waals surface area contributed by atoms with Gasteiger partial charge in [0.1, 0.15) is 11.0 Å². The van der Waals surface area contributed by atoms with Crippen molar-refractivity contribution >= 4 is 34.9 Å². The summed E-state index contributed by atoms with van der Waals surface area (Å²) in [5.41, 5.74) is 2.31. The van der Waals surface area contributed by atoms with Gasteiger partial charge in [-0.15, -0.1) is 0 Å². The zero-order chi connectivity index (χ0) is 13.8. The van der Waals surface area contributed by atoms with E-state index in [4.69, 9.17) is 11.6 Å². The highest BCUT2D eigenvalue weighted by Gasteiger charge is 2.08. The third kappa shape index (κ3) is 3.61. The molecule has 0 aliphatic carbocycles. The Kier molecular flexibility index (Phi) is 4.66. The van der Waals surface area contributed by atoms with Crippen LogP contribution >= 0.6 is 23.4 Å². The number of benzene rings is 1. The van der Waals surface area contributed by atoms with E-state index in [1.54, 1.807) is 6.07 Å². The summed E-state index contributed by atoms with van der Waals surface area (Å²) >= 11 is 7.46.